The maximum Gasteiger partial charge on any atom is 0.337 e. The summed E-state index contributed by atoms with van der Waals surface area (Å²) in [6.45, 7) is 6.55. The molecule has 1 heterocycles. The SMILES string of the molecule is COC(=O)c1ccc(O[C@@H](C)C(=O)c2[nH]c(C)c(C(C)=O)c2C)c(OC)c1. The quantitative estimate of drug-likeness (QED) is 0.591. The van der Waals surface area contributed by atoms with E-state index in [1.54, 1.807) is 26.8 Å². The van der Waals surface area contributed by atoms with Crippen LogP contribution < -0.4 is 9.47 Å². The molecule has 0 amide bonds. The van der Waals surface area contributed by atoms with Crippen LogP contribution in [0.3, 0.4) is 0 Å². The Morgan fingerprint density at radius 3 is 2.26 bits per heavy atom. The van der Waals surface area contributed by atoms with Crippen molar-refractivity contribution in [1.29, 1.82) is 0 Å². The molecule has 0 unspecified atom stereocenters. The molecule has 1 atom stereocenters. The van der Waals surface area contributed by atoms with Crippen LogP contribution in [0.25, 0.3) is 0 Å². The number of hydrogen-bond donors (Lipinski definition) is 1. The van der Waals surface area contributed by atoms with E-state index in [2.05, 4.69) is 9.72 Å². The number of esters is 1. The van der Waals surface area contributed by atoms with Crippen molar-refractivity contribution in [3.8, 4) is 11.5 Å². The number of benzene rings is 1. The number of H-pyrrole nitrogens is 1. The second-order valence-corrected chi connectivity index (χ2v) is 6.16. The van der Waals surface area contributed by atoms with E-state index < -0.39 is 12.1 Å². The minimum Gasteiger partial charge on any atom is -0.493 e. The topological polar surface area (TPSA) is 94.7 Å². The number of aromatic amines is 1. The molecule has 1 aromatic heterocycles. The summed E-state index contributed by atoms with van der Waals surface area (Å²) in [7, 11) is 2.73. The second-order valence-electron chi connectivity index (χ2n) is 6.16. The lowest BCUT2D eigenvalue weighted by atomic mass is 10.0. The van der Waals surface area contributed by atoms with Gasteiger partial charge in [-0.15, -0.1) is 0 Å². The summed E-state index contributed by atoms with van der Waals surface area (Å²) in [5, 5.41) is 0. The van der Waals surface area contributed by atoms with Crippen molar-refractivity contribution < 1.29 is 28.6 Å². The van der Waals surface area contributed by atoms with Crippen LogP contribution in [0.15, 0.2) is 18.2 Å². The Kier molecular flexibility index (Phi) is 6.05. The molecule has 7 heteroatoms. The summed E-state index contributed by atoms with van der Waals surface area (Å²) in [5.41, 5.74) is 2.42. The molecule has 1 N–H and O–H groups in total. The first kappa shape index (κ1) is 20.2. The van der Waals surface area contributed by atoms with Gasteiger partial charge in [-0.25, -0.2) is 4.79 Å². The predicted molar refractivity (Wildman–Crippen MR) is 99.0 cm³/mol. The fourth-order valence-electron chi connectivity index (χ4n) is 2.98. The highest BCUT2D eigenvalue weighted by molar-refractivity contribution is 6.04. The molecule has 2 aromatic rings. The van der Waals surface area contributed by atoms with Crippen molar-refractivity contribution >= 4 is 17.5 Å². The van der Waals surface area contributed by atoms with Crippen LogP contribution in [-0.2, 0) is 4.74 Å². The molecular formula is C20H23NO6. The largest absolute Gasteiger partial charge is 0.493 e. The third kappa shape index (κ3) is 4.02. The van der Waals surface area contributed by atoms with Gasteiger partial charge in [-0.2, -0.15) is 0 Å². The van der Waals surface area contributed by atoms with Crippen LogP contribution in [0.4, 0.5) is 0 Å². The van der Waals surface area contributed by atoms with Crippen LogP contribution >= 0.6 is 0 Å². The van der Waals surface area contributed by atoms with Crippen LogP contribution in [0.5, 0.6) is 11.5 Å². The highest BCUT2D eigenvalue weighted by Gasteiger charge is 2.25. The minimum absolute atomic E-state index is 0.103. The monoisotopic (exact) mass is 373 g/mol. The summed E-state index contributed by atoms with van der Waals surface area (Å²) in [6.07, 6.45) is -0.834. The van der Waals surface area contributed by atoms with Gasteiger partial charge in [-0.05, 0) is 51.5 Å². The lowest BCUT2D eigenvalue weighted by Crippen LogP contribution is -2.25. The lowest BCUT2D eigenvalue weighted by molar-refractivity contribution is 0.0599. The third-order valence-corrected chi connectivity index (χ3v) is 4.29. The number of Topliss-reactive ketones (excluding diaryl/α,β-unsaturated/α-hetero) is 2. The Hall–Kier alpha value is -3.09. The van der Waals surface area contributed by atoms with Gasteiger partial charge in [0.15, 0.2) is 23.4 Å². The number of carbonyl (C=O) groups is 3. The molecular weight excluding hydrogens is 350 g/mol. The number of aromatic nitrogens is 1. The van der Waals surface area contributed by atoms with Gasteiger partial charge in [0.1, 0.15) is 0 Å². The van der Waals surface area contributed by atoms with Crippen LogP contribution in [0.2, 0.25) is 0 Å². The van der Waals surface area contributed by atoms with Crippen LogP contribution in [0, 0.1) is 13.8 Å². The summed E-state index contributed by atoms with van der Waals surface area (Å²) in [5.74, 6) is -0.269. The van der Waals surface area contributed by atoms with Gasteiger partial charge in [0.2, 0.25) is 5.78 Å². The molecule has 27 heavy (non-hydrogen) atoms. The molecule has 0 aliphatic carbocycles. The molecule has 0 aliphatic heterocycles. The van der Waals surface area contributed by atoms with E-state index >= 15 is 0 Å². The van der Waals surface area contributed by atoms with E-state index in [0.29, 0.717) is 39.6 Å². The van der Waals surface area contributed by atoms with Crippen molar-refractivity contribution in [2.24, 2.45) is 0 Å². The van der Waals surface area contributed by atoms with Crippen LogP contribution in [0.1, 0.15) is 56.3 Å². The van der Waals surface area contributed by atoms with Gasteiger partial charge in [0.25, 0.3) is 0 Å². The zero-order valence-corrected chi connectivity index (χ0v) is 16.3. The first-order valence-corrected chi connectivity index (χ1v) is 8.38. The Bertz CT molecular complexity index is 896. The summed E-state index contributed by atoms with van der Waals surface area (Å²) >= 11 is 0. The normalized spacial score (nSPS) is 11.6. The van der Waals surface area contributed by atoms with Gasteiger partial charge >= 0.3 is 5.97 Å². The van der Waals surface area contributed by atoms with Crippen molar-refractivity contribution in [3.63, 3.8) is 0 Å². The van der Waals surface area contributed by atoms with Gasteiger partial charge < -0.3 is 19.2 Å². The Morgan fingerprint density at radius 1 is 1.07 bits per heavy atom. The van der Waals surface area contributed by atoms with E-state index in [9.17, 15) is 14.4 Å². The summed E-state index contributed by atoms with van der Waals surface area (Å²) in [6, 6.07) is 4.55. The number of methoxy groups -OCH3 is 2. The number of rotatable bonds is 7. The molecule has 0 bridgehead atoms. The summed E-state index contributed by atoms with van der Waals surface area (Å²) in [4.78, 5) is 39.2. The molecule has 7 nitrogen and oxygen atoms in total. The van der Waals surface area contributed by atoms with Crippen molar-refractivity contribution in [1.82, 2.24) is 4.98 Å². The number of nitrogens with one attached hydrogen (secondary N) is 1. The van der Waals surface area contributed by atoms with Crippen molar-refractivity contribution in [3.05, 3.63) is 46.3 Å². The number of ketones is 2. The molecule has 0 saturated carbocycles. The second kappa shape index (κ2) is 8.07. The number of ether oxygens (including phenoxy) is 3. The average Bonchev–Trinajstić information content (AvgIpc) is 2.94. The standard InChI is InChI=1S/C20H23NO6/c1-10-17(12(3)22)11(2)21-18(10)19(23)13(4)27-15-8-7-14(20(24)26-6)9-16(15)25-5/h7-9,13,21H,1-6H3/t13-/m0/s1. The Labute approximate surface area is 157 Å². The molecule has 1 aromatic carbocycles. The minimum atomic E-state index is -0.834. The molecule has 0 radical (unpaired) electrons. The fraction of sp³-hybridized carbons (Fsp3) is 0.350. The lowest BCUT2D eigenvalue weighted by Gasteiger charge is -2.16. The maximum absolute atomic E-state index is 12.8. The van der Waals surface area contributed by atoms with E-state index in [0.717, 1.165) is 0 Å². The van der Waals surface area contributed by atoms with Crippen molar-refractivity contribution in [2.75, 3.05) is 14.2 Å². The Morgan fingerprint density at radius 2 is 1.74 bits per heavy atom. The highest BCUT2D eigenvalue weighted by atomic mass is 16.5. The number of aryl methyl sites for hydroxylation is 1. The Balaban J connectivity index is 2.28. The van der Waals surface area contributed by atoms with Gasteiger partial charge in [-0.3, -0.25) is 9.59 Å². The average molecular weight is 373 g/mol. The zero-order valence-electron chi connectivity index (χ0n) is 16.3. The number of hydrogen-bond acceptors (Lipinski definition) is 6. The van der Waals surface area contributed by atoms with Crippen LogP contribution in [-0.4, -0.2) is 42.8 Å². The van der Waals surface area contributed by atoms with E-state index in [-0.39, 0.29) is 11.6 Å². The van der Waals surface area contributed by atoms with E-state index in [1.165, 1.54) is 33.3 Å². The first-order chi connectivity index (χ1) is 12.7. The van der Waals surface area contributed by atoms with Crippen molar-refractivity contribution in [2.45, 2.75) is 33.8 Å². The third-order valence-electron chi connectivity index (χ3n) is 4.29. The molecule has 2 rings (SSSR count). The highest BCUT2D eigenvalue weighted by Crippen LogP contribution is 2.30. The zero-order chi connectivity index (χ0) is 20.3. The maximum atomic E-state index is 12.8. The fourth-order valence-corrected chi connectivity index (χ4v) is 2.98. The van der Waals surface area contributed by atoms with E-state index in [4.69, 9.17) is 9.47 Å². The van der Waals surface area contributed by atoms with E-state index in [1.807, 2.05) is 0 Å². The molecule has 0 spiro atoms. The number of carbonyl (C=O) groups excluding carboxylic acids is 3. The molecule has 0 fully saturated rings. The summed E-state index contributed by atoms with van der Waals surface area (Å²) < 4.78 is 15.7. The predicted octanol–water partition coefficient (Wildman–Crippen LogP) is 3.28. The van der Waals surface area contributed by atoms with Gasteiger partial charge in [-0.1, -0.05) is 0 Å². The molecule has 144 valence electrons. The van der Waals surface area contributed by atoms with Gasteiger partial charge in [0, 0.05) is 11.3 Å². The van der Waals surface area contributed by atoms with Gasteiger partial charge in [0.05, 0.1) is 25.5 Å². The molecule has 0 aliphatic rings. The smallest absolute Gasteiger partial charge is 0.337 e. The molecule has 0 saturated heterocycles. The first-order valence-electron chi connectivity index (χ1n) is 8.38.